The van der Waals surface area contributed by atoms with Crippen molar-refractivity contribution in [2.45, 2.75) is 50.2 Å². The number of nitrogens with zero attached hydrogens (tertiary/aromatic N) is 4. The van der Waals surface area contributed by atoms with E-state index in [-0.39, 0.29) is 11.9 Å². The van der Waals surface area contributed by atoms with E-state index >= 15 is 0 Å². The van der Waals surface area contributed by atoms with Crippen LogP contribution in [0.3, 0.4) is 0 Å². The summed E-state index contributed by atoms with van der Waals surface area (Å²) in [6.07, 6.45) is 5.54. The summed E-state index contributed by atoms with van der Waals surface area (Å²) in [5.74, 6) is 1.23. The fourth-order valence-corrected chi connectivity index (χ4v) is 5.43. The van der Waals surface area contributed by atoms with E-state index in [1.54, 1.807) is 0 Å². The zero-order chi connectivity index (χ0) is 21.9. The number of thioether (sulfide) groups is 1. The zero-order valence-corrected chi connectivity index (χ0v) is 19.3. The maximum absolute atomic E-state index is 12.9. The van der Waals surface area contributed by atoms with Gasteiger partial charge in [0.25, 0.3) is 0 Å². The molecule has 1 N–H and O–H groups in total. The van der Waals surface area contributed by atoms with Crippen LogP contribution < -0.4 is 10.2 Å². The molecule has 1 aliphatic heterocycles. The van der Waals surface area contributed by atoms with Crippen LogP contribution in [0.4, 0.5) is 5.95 Å². The largest absolute Gasteiger partial charge is 0.349 e. The molecule has 2 aliphatic rings. The third-order valence-corrected chi connectivity index (χ3v) is 7.26. The third-order valence-electron chi connectivity index (χ3n) is 6.33. The molecular formula is C25H29N5OS. The summed E-state index contributed by atoms with van der Waals surface area (Å²) >= 11 is 1.45. The number of fused-ring (bicyclic) bond motifs is 1. The number of amides is 1. The lowest BCUT2D eigenvalue weighted by Gasteiger charge is -2.26. The average Bonchev–Trinajstić information content (AvgIpc) is 3.48. The molecule has 0 spiro atoms. The van der Waals surface area contributed by atoms with Gasteiger partial charge in [0, 0.05) is 13.1 Å². The van der Waals surface area contributed by atoms with Gasteiger partial charge in [0.05, 0.1) is 17.5 Å². The second-order valence-electron chi connectivity index (χ2n) is 8.65. The summed E-state index contributed by atoms with van der Waals surface area (Å²) in [4.78, 5) is 15.1. The van der Waals surface area contributed by atoms with E-state index in [2.05, 4.69) is 80.4 Å². The number of nitrogens with one attached hydrogen (secondary N) is 1. The second kappa shape index (κ2) is 9.36. The molecule has 0 bridgehead atoms. The fourth-order valence-electron chi connectivity index (χ4n) is 4.67. The SMILES string of the molecule is Cc1ccc(-n2c(SCC(=O)NC3CCCc4ccccc43)nnc2N2CCCC2)cc1. The van der Waals surface area contributed by atoms with Crippen LogP contribution in [0.1, 0.15) is 48.4 Å². The second-order valence-corrected chi connectivity index (χ2v) is 9.59. The Labute approximate surface area is 193 Å². The minimum absolute atomic E-state index is 0.0397. The third kappa shape index (κ3) is 4.39. The number of hydrogen-bond donors (Lipinski definition) is 1. The van der Waals surface area contributed by atoms with E-state index in [0.717, 1.165) is 49.1 Å². The quantitative estimate of drug-likeness (QED) is 0.565. The van der Waals surface area contributed by atoms with Gasteiger partial charge in [0.2, 0.25) is 11.9 Å². The van der Waals surface area contributed by atoms with E-state index < -0.39 is 0 Å². The monoisotopic (exact) mass is 447 g/mol. The summed E-state index contributed by atoms with van der Waals surface area (Å²) in [6.45, 7) is 4.08. The Hall–Kier alpha value is -2.80. The highest BCUT2D eigenvalue weighted by molar-refractivity contribution is 7.99. The molecule has 32 heavy (non-hydrogen) atoms. The number of rotatable bonds is 6. The summed E-state index contributed by atoms with van der Waals surface area (Å²) in [6, 6.07) is 17.0. The van der Waals surface area contributed by atoms with Crippen molar-refractivity contribution >= 4 is 23.6 Å². The zero-order valence-electron chi connectivity index (χ0n) is 18.5. The molecule has 7 heteroatoms. The minimum atomic E-state index is 0.0397. The van der Waals surface area contributed by atoms with Crippen LogP contribution in [0.15, 0.2) is 53.7 Å². The first-order valence-electron chi connectivity index (χ1n) is 11.5. The van der Waals surface area contributed by atoms with Crippen LogP contribution in [0.5, 0.6) is 0 Å². The van der Waals surface area contributed by atoms with E-state index in [9.17, 15) is 4.79 Å². The lowest BCUT2D eigenvalue weighted by atomic mass is 9.88. The van der Waals surface area contributed by atoms with E-state index in [1.165, 1.54) is 41.3 Å². The predicted octanol–water partition coefficient (Wildman–Crippen LogP) is 4.46. The van der Waals surface area contributed by atoms with Crippen molar-refractivity contribution in [3.63, 3.8) is 0 Å². The first kappa shape index (κ1) is 21.1. The Morgan fingerprint density at radius 3 is 2.66 bits per heavy atom. The van der Waals surface area contributed by atoms with Gasteiger partial charge in [-0.25, -0.2) is 0 Å². The van der Waals surface area contributed by atoms with Gasteiger partial charge in [0.1, 0.15) is 0 Å². The molecule has 0 saturated carbocycles. The lowest BCUT2D eigenvalue weighted by molar-refractivity contribution is -0.119. The van der Waals surface area contributed by atoms with Crippen molar-refractivity contribution in [1.29, 1.82) is 0 Å². The summed E-state index contributed by atoms with van der Waals surface area (Å²) < 4.78 is 2.10. The van der Waals surface area contributed by atoms with Crippen molar-refractivity contribution in [3.8, 4) is 5.69 Å². The van der Waals surface area contributed by atoms with Crippen LogP contribution in [0, 0.1) is 6.92 Å². The van der Waals surface area contributed by atoms with Crippen molar-refractivity contribution in [3.05, 3.63) is 65.2 Å². The molecule has 2 heterocycles. The molecule has 0 radical (unpaired) electrons. The Morgan fingerprint density at radius 1 is 1.06 bits per heavy atom. The van der Waals surface area contributed by atoms with Gasteiger partial charge in [-0.3, -0.25) is 9.36 Å². The fraction of sp³-hybridized carbons (Fsp3) is 0.400. The molecule has 1 atom stereocenters. The summed E-state index contributed by atoms with van der Waals surface area (Å²) in [5.41, 5.74) is 4.86. The van der Waals surface area contributed by atoms with Crippen LogP contribution in [-0.2, 0) is 11.2 Å². The van der Waals surface area contributed by atoms with E-state index in [0.29, 0.717) is 5.75 Å². The highest BCUT2D eigenvalue weighted by Crippen LogP contribution is 2.31. The number of carbonyl (C=O) groups is 1. The molecular weight excluding hydrogens is 418 g/mol. The van der Waals surface area contributed by atoms with Gasteiger partial charge >= 0.3 is 0 Å². The van der Waals surface area contributed by atoms with Crippen LogP contribution in [0.2, 0.25) is 0 Å². The van der Waals surface area contributed by atoms with Gasteiger partial charge in [0.15, 0.2) is 5.16 Å². The van der Waals surface area contributed by atoms with Crippen LogP contribution in [-0.4, -0.2) is 39.5 Å². The molecule has 1 saturated heterocycles. The summed E-state index contributed by atoms with van der Waals surface area (Å²) in [7, 11) is 0. The topological polar surface area (TPSA) is 63.1 Å². The predicted molar refractivity (Wildman–Crippen MR) is 129 cm³/mol. The number of hydrogen-bond acceptors (Lipinski definition) is 5. The Morgan fingerprint density at radius 2 is 1.84 bits per heavy atom. The molecule has 6 nitrogen and oxygen atoms in total. The Bertz CT molecular complexity index is 1090. The van der Waals surface area contributed by atoms with E-state index in [4.69, 9.17) is 0 Å². The van der Waals surface area contributed by atoms with Crippen molar-refractivity contribution in [1.82, 2.24) is 20.1 Å². The van der Waals surface area contributed by atoms with Gasteiger partial charge in [-0.05, 0) is 62.3 Å². The molecule has 2 aromatic carbocycles. The van der Waals surface area contributed by atoms with Crippen molar-refractivity contribution < 1.29 is 4.79 Å². The van der Waals surface area contributed by atoms with Crippen LogP contribution in [0.25, 0.3) is 5.69 Å². The van der Waals surface area contributed by atoms with E-state index in [1.807, 2.05) is 0 Å². The molecule has 1 aliphatic carbocycles. The smallest absolute Gasteiger partial charge is 0.232 e. The Balaban J connectivity index is 1.32. The first-order chi connectivity index (χ1) is 15.7. The normalized spacial score (nSPS) is 17.9. The number of carbonyl (C=O) groups excluding carboxylic acids is 1. The van der Waals surface area contributed by atoms with Crippen molar-refractivity contribution in [2.75, 3.05) is 23.7 Å². The highest BCUT2D eigenvalue weighted by Gasteiger charge is 2.24. The number of anilines is 1. The van der Waals surface area contributed by atoms with Gasteiger partial charge in [-0.15, -0.1) is 10.2 Å². The summed E-state index contributed by atoms with van der Waals surface area (Å²) in [5, 5.41) is 13.0. The first-order valence-corrected chi connectivity index (χ1v) is 12.4. The number of aryl methyl sites for hydroxylation is 2. The minimum Gasteiger partial charge on any atom is -0.349 e. The number of aromatic nitrogens is 3. The van der Waals surface area contributed by atoms with Crippen LogP contribution >= 0.6 is 11.8 Å². The highest BCUT2D eigenvalue weighted by atomic mass is 32.2. The lowest BCUT2D eigenvalue weighted by Crippen LogP contribution is -2.32. The standard InChI is InChI=1S/C25H29N5OS/c1-18-11-13-20(14-12-18)30-24(29-15-4-5-16-29)27-28-25(30)32-17-23(31)26-22-10-6-8-19-7-2-3-9-21(19)22/h2-3,7,9,11-14,22H,4-6,8,10,15-17H2,1H3,(H,26,31). The number of benzene rings is 2. The maximum Gasteiger partial charge on any atom is 0.232 e. The van der Waals surface area contributed by atoms with Crippen molar-refractivity contribution in [2.24, 2.45) is 0 Å². The van der Waals surface area contributed by atoms with Gasteiger partial charge in [-0.1, -0.05) is 53.7 Å². The molecule has 1 aromatic heterocycles. The Kier molecular flexibility index (Phi) is 6.17. The maximum atomic E-state index is 12.9. The van der Waals surface area contributed by atoms with Gasteiger partial charge < -0.3 is 10.2 Å². The average molecular weight is 448 g/mol. The molecule has 5 rings (SSSR count). The molecule has 3 aromatic rings. The molecule has 166 valence electrons. The molecule has 1 fully saturated rings. The molecule has 1 amide bonds. The molecule has 1 unspecified atom stereocenters. The van der Waals surface area contributed by atoms with Gasteiger partial charge in [-0.2, -0.15) is 0 Å².